The molecule has 0 radical (unpaired) electrons. The fourth-order valence-electron chi connectivity index (χ4n) is 4.74. The number of fused-ring (bicyclic) bond motifs is 2. The molecule has 10 nitrogen and oxygen atoms in total. The van der Waals surface area contributed by atoms with Gasteiger partial charge in [-0.1, -0.05) is 68.2 Å². The molecule has 3 aromatic heterocycles. The highest BCUT2D eigenvalue weighted by molar-refractivity contribution is 7.22. The summed E-state index contributed by atoms with van der Waals surface area (Å²) in [4.78, 5) is 48.0. The number of nitrogens with zero attached hydrogens (tertiary/aromatic N) is 3. The largest absolute Gasteiger partial charge is 0.444 e. The van der Waals surface area contributed by atoms with Crippen molar-refractivity contribution >= 4 is 56.1 Å². The van der Waals surface area contributed by atoms with Gasteiger partial charge in [0.1, 0.15) is 17.1 Å². The summed E-state index contributed by atoms with van der Waals surface area (Å²) in [5.74, 6) is 0.138. The summed E-state index contributed by atoms with van der Waals surface area (Å²) >= 11 is 1.32. The molecular formula is C34H36N6O4S. The Hall–Kier alpha value is -5.03. The van der Waals surface area contributed by atoms with Crippen molar-refractivity contribution in [1.29, 1.82) is 0 Å². The van der Waals surface area contributed by atoms with Crippen LogP contribution in [0.1, 0.15) is 57.0 Å². The Morgan fingerprint density at radius 3 is 2.47 bits per heavy atom. The SMILES string of the molecule is C=C(CC(C)C)C(=O)Nc1c(-c2ccccc2)nc2c(C(=O)NCc3ccc4nc(NC(=O)OC(C)(C)C)sc4c3)cccn12. The van der Waals surface area contributed by atoms with Crippen molar-refractivity contribution in [1.82, 2.24) is 19.7 Å². The quantitative estimate of drug-likeness (QED) is 0.146. The van der Waals surface area contributed by atoms with E-state index in [0.717, 1.165) is 21.3 Å². The van der Waals surface area contributed by atoms with Crippen molar-refractivity contribution in [3.05, 3.63) is 90.1 Å². The van der Waals surface area contributed by atoms with Gasteiger partial charge in [0.05, 0.1) is 15.8 Å². The molecule has 5 aromatic rings. The van der Waals surface area contributed by atoms with Gasteiger partial charge >= 0.3 is 6.09 Å². The fraction of sp³-hybridized carbons (Fsp3) is 0.265. The summed E-state index contributed by atoms with van der Waals surface area (Å²) in [6.07, 6.45) is 1.76. The number of thiazole rings is 1. The Balaban J connectivity index is 1.37. The molecule has 0 unspecified atom stereocenters. The first-order chi connectivity index (χ1) is 21.4. The third-order valence-corrected chi connectivity index (χ3v) is 7.60. The number of rotatable bonds is 9. The molecule has 3 heterocycles. The number of imidazole rings is 1. The summed E-state index contributed by atoms with van der Waals surface area (Å²) in [6, 6.07) is 18.6. The lowest BCUT2D eigenvalue weighted by Crippen LogP contribution is -2.27. The van der Waals surface area contributed by atoms with Crippen LogP contribution in [-0.2, 0) is 16.1 Å². The van der Waals surface area contributed by atoms with Gasteiger partial charge in [-0.3, -0.25) is 19.3 Å². The minimum absolute atomic E-state index is 0.257. The van der Waals surface area contributed by atoms with Crippen molar-refractivity contribution in [3.8, 4) is 11.3 Å². The Bertz CT molecular complexity index is 1900. The topological polar surface area (TPSA) is 127 Å². The van der Waals surface area contributed by atoms with E-state index >= 15 is 0 Å². The van der Waals surface area contributed by atoms with Crippen molar-refractivity contribution < 1.29 is 19.1 Å². The zero-order chi connectivity index (χ0) is 32.3. The van der Waals surface area contributed by atoms with Crippen LogP contribution in [0.3, 0.4) is 0 Å². The maximum absolute atomic E-state index is 13.5. The predicted molar refractivity (Wildman–Crippen MR) is 178 cm³/mol. The number of ether oxygens (including phenoxy) is 1. The van der Waals surface area contributed by atoms with Crippen molar-refractivity contribution in [2.75, 3.05) is 10.6 Å². The van der Waals surface area contributed by atoms with Gasteiger partial charge in [-0.2, -0.15) is 0 Å². The summed E-state index contributed by atoms with van der Waals surface area (Å²) in [5.41, 5.74) is 3.56. The van der Waals surface area contributed by atoms with E-state index in [2.05, 4.69) is 27.5 Å². The van der Waals surface area contributed by atoms with Crippen LogP contribution < -0.4 is 16.0 Å². The average molecular weight is 625 g/mol. The maximum Gasteiger partial charge on any atom is 0.413 e. The van der Waals surface area contributed by atoms with Crippen LogP contribution in [0.4, 0.5) is 15.7 Å². The van der Waals surface area contributed by atoms with E-state index in [0.29, 0.717) is 39.8 Å². The molecule has 232 valence electrons. The zero-order valence-electron chi connectivity index (χ0n) is 25.9. The molecule has 11 heteroatoms. The molecule has 0 atom stereocenters. The van der Waals surface area contributed by atoms with Gasteiger partial charge < -0.3 is 15.4 Å². The molecule has 3 N–H and O–H groups in total. The van der Waals surface area contributed by atoms with E-state index in [1.165, 1.54) is 11.3 Å². The number of anilines is 2. The normalized spacial score (nSPS) is 11.5. The minimum Gasteiger partial charge on any atom is -0.444 e. The zero-order valence-corrected chi connectivity index (χ0v) is 26.7. The molecular weight excluding hydrogens is 588 g/mol. The number of nitrogens with one attached hydrogen (secondary N) is 3. The van der Waals surface area contributed by atoms with Gasteiger partial charge in [0, 0.05) is 23.9 Å². The fourth-order valence-corrected chi connectivity index (χ4v) is 5.66. The standard InChI is InChI=1S/C34H36N6O4S/c1-20(2)17-21(3)30(41)38-29-27(23-11-8-7-9-12-23)37-28-24(13-10-16-40(28)29)31(42)35-19-22-14-15-25-26(18-22)45-32(36-25)39-33(43)44-34(4,5)6/h7-16,18,20H,3,17,19H2,1-2,4-6H3,(H,35,42)(H,38,41)(H,36,39,43). The molecule has 0 bridgehead atoms. The summed E-state index contributed by atoms with van der Waals surface area (Å²) < 4.78 is 7.89. The highest BCUT2D eigenvalue weighted by Gasteiger charge is 2.22. The highest BCUT2D eigenvalue weighted by atomic mass is 32.1. The summed E-state index contributed by atoms with van der Waals surface area (Å²) in [6.45, 7) is 13.7. The summed E-state index contributed by atoms with van der Waals surface area (Å²) in [7, 11) is 0. The van der Waals surface area contributed by atoms with E-state index in [1.807, 2.05) is 62.4 Å². The number of benzene rings is 2. The minimum atomic E-state index is -0.617. The molecule has 0 fully saturated rings. The average Bonchev–Trinajstić information content (AvgIpc) is 3.55. The Morgan fingerprint density at radius 2 is 1.76 bits per heavy atom. The van der Waals surface area contributed by atoms with Crippen LogP contribution in [0.5, 0.6) is 0 Å². The molecule has 0 aliphatic rings. The lowest BCUT2D eigenvalue weighted by molar-refractivity contribution is -0.113. The van der Waals surface area contributed by atoms with E-state index in [9.17, 15) is 14.4 Å². The van der Waals surface area contributed by atoms with E-state index in [4.69, 9.17) is 9.72 Å². The number of carbonyl (C=O) groups is 3. The number of amides is 3. The Kier molecular flexibility index (Phi) is 9.01. The van der Waals surface area contributed by atoms with Gasteiger partial charge in [-0.05, 0) is 62.9 Å². The smallest absolute Gasteiger partial charge is 0.413 e. The van der Waals surface area contributed by atoms with Crippen molar-refractivity contribution in [2.45, 2.75) is 53.2 Å². The van der Waals surface area contributed by atoms with Crippen LogP contribution >= 0.6 is 11.3 Å². The predicted octanol–water partition coefficient (Wildman–Crippen LogP) is 7.43. The molecule has 0 saturated carbocycles. The molecule has 0 aliphatic heterocycles. The number of carbonyl (C=O) groups excluding carboxylic acids is 3. The Morgan fingerprint density at radius 1 is 1.00 bits per heavy atom. The molecule has 0 aliphatic carbocycles. The van der Waals surface area contributed by atoms with E-state index in [-0.39, 0.29) is 24.3 Å². The maximum atomic E-state index is 13.5. The molecule has 0 saturated heterocycles. The number of hydrogen-bond acceptors (Lipinski definition) is 7. The van der Waals surface area contributed by atoms with Crippen LogP contribution in [-0.4, -0.2) is 37.9 Å². The number of pyridine rings is 1. The molecule has 2 aromatic carbocycles. The van der Waals surface area contributed by atoms with Crippen molar-refractivity contribution in [2.24, 2.45) is 5.92 Å². The number of aromatic nitrogens is 3. The van der Waals surface area contributed by atoms with Crippen LogP contribution in [0.25, 0.3) is 27.1 Å². The third kappa shape index (κ3) is 7.55. The van der Waals surface area contributed by atoms with Gasteiger partial charge in [0.2, 0.25) is 0 Å². The molecule has 5 rings (SSSR count). The third-order valence-electron chi connectivity index (χ3n) is 6.66. The molecule has 0 spiro atoms. The van der Waals surface area contributed by atoms with Gasteiger partial charge in [-0.25, -0.2) is 14.8 Å². The van der Waals surface area contributed by atoms with Crippen LogP contribution in [0.2, 0.25) is 0 Å². The van der Waals surface area contributed by atoms with Crippen molar-refractivity contribution in [3.63, 3.8) is 0 Å². The highest BCUT2D eigenvalue weighted by Crippen LogP contribution is 2.31. The first-order valence-electron chi connectivity index (χ1n) is 14.6. The van der Waals surface area contributed by atoms with E-state index in [1.54, 1.807) is 43.5 Å². The monoisotopic (exact) mass is 624 g/mol. The van der Waals surface area contributed by atoms with E-state index < -0.39 is 11.7 Å². The second kappa shape index (κ2) is 12.9. The van der Waals surface area contributed by atoms with Gasteiger partial charge in [-0.15, -0.1) is 0 Å². The second-order valence-corrected chi connectivity index (χ2v) is 13.1. The number of hydrogen-bond donors (Lipinski definition) is 3. The first kappa shape index (κ1) is 31.4. The van der Waals surface area contributed by atoms with Crippen LogP contribution in [0.15, 0.2) is 79.0 Å². The van der Waals surface area contributed by atoms with Gasteiger partial charge in [0.25, 0.3) is 11.8 Å². The van der Waals surface area contributed by atoms with Gasteiger partial charge in [0.15, 0.2) is 10.8 Å². The lowest BCUT2D eigenvalue weighted by Gasteiger charge is -2.18. The molecule has 45 heavy (non-hydrogen) atoms. The van der Waals surface area contributed by atoms with Crippen LogP contribution in [0, 0.1) is 5.92 Å². The summed E-state index contributed by atoms with van der Waals surface area (Å²) in [5, 5.41) is 9.08. The first-order valence-corrected chi connectivity index (χ1v) is 15.4. The Labute approximate surface area is 265 Å². The second-order valence-electron chi connectivity index (χ2n) is 12.1. The lowest BCUT2D eigenvalue weighted by atomic mass is 10.0. The molecule has 3 amide bonds.